The highest BCUT2D eigenvalue weighted by molar-refractivity contribution is 5.47. The number of methoxy groups -OCH3 is 1. The highest BCUT2D eigenvalue weighted by Crippen LogP contribution is 2.30. The number of aryl methyl sites for hydroxylation is 1. The van der Waals surface area contributed by atoms with E-state index in [0.29, 0.717) is 12.4 Å². The number of benzene rings is 1. The molecule has 1 N–H and O–H groups in total. The molecule has 1 aromatic rings. The maximum atomic E-state index is 9.54. The van der Waals surface area contributed by atoms with E-state index in [4.69, 9.17) is 15.9 Å². The van der Waals surface area contributed by atoms with Crippen LogP contribution in [0.4, 0.5) is 0 Å². The van der Waals surface area contributed by atoms with E-state index in [1.165, 1.54) is 7.11 Å². The zero-order valence-electron chi connectivity index (χ0n) is 8.20. The average molecular weight is 192 g/mol. The molecule has 0 amide bonds. The Labute approximate surface area is 83.3 Å². The molecule has 0 aliphatic rings. The summed E-state index contributed by atoms with van der Waals surface area (Å²) in [6.45, 7) is 2.10. The molecule has 3 heteroatoms. The predicted molar refractivity (Wildman–Crippen MR) is 53.0 cm³/mol. The minimum absolute atomic E-state index is 0.150. The highest BCUT2D eigenvalue weighted by Gasteiger charge is 2.06. The molecule has 14 heavy (non-hydrogen) atoms. The van der Waals surface area contributed by atoms with E-state index in [-0.39, 0.29) is 5.75 Å². The summed E-state index contributed by atoms with van der Waals surface area (Å²) in [6.07, 6.45) is 7.05. The fourth-order valence-electron chi connectivity index (χ4n) is 1.18. The zero-order valence-corrected chi connectivity index (χ0v) is 8.20. The van der Waals surface area contributed by atoms with Crippen molar-refractivity contribution in [1.82, 2.24) is 0 Å². The van der Waals surface area contributed by atoms with E-state index >= 15 is 0 Å². The van der Waals surface area contributed by atoms with Crippen molar-refractivity contribution in [3.8, 4) is 24.0 Å². The highest BCUT2D eigenvalue weighted by atomic mass is 16.5. The molecule has 0 fully saturated rings. The molecule has 0 radical (unpaired) electrons. The Morgan fingerprint density at radius 3 is 2.79 bits per heavy atom. The number of aromatic hydroxyl groups is 1. The second-order valence-electron chi connectivity index (χ2n) is 2.87. The number of hydrogen-bond acceptors (Lipinski definition) is 3. The fourth-order valence-corrected chi connectivity index (χ4v) is 1.18. The van der Waals surface area contributed by atoms with Gasteiger partial charge in [-0.1, -0.05) is 6.42 Å². The lowest BCUT2D eigenvalue weighted by molar-refractivity contribution is 0.264. The minimum Gasteiger partial charge on any atom is -0.504 e. The van der Waals surface area contributed by atoms with Crippen molar-refractivity contribution in [3.05, 3.63) is 23.3 Å². The van der Waals surface area contributed by atoms with Crippen LogP contribution in [0.3, 0.4) is 0 Å². The number of rotatable bonds is 3. The molecular formula is C11H12O3. The lowest BCUT2D eigenvalue weighted by Gasteiger charge is -2.08. The van der Waals surface area contributed by atoms with E-state index in [0.717, 1.165) is 11.1 Å². The Kier molecular flexibility index (Phi) is 3.24. The van der Waals surface area contributed by atoms with Gasteiger partial charge in [0.15, 0.2) is 11.5 Å². The van der Waals surface area contributed by atoms with Crippen LogP contribution < -0.4 is 4.74 Å². The third-order valence-corrected chi connectivity index (χ3v) is 1.87. The molecule has 0 spiro atoms. The Balaban J connectivity index is 2.98. The molecule has 0 aliphatic carbocycles. The van der Waals surface area contributed by atoms with Gasteiger partial charge in [0, 0.05) is 0 Å². The number of ether oxygens (including phenoxy) is 2. The van der Waals surface area contributed by atoms with Crippen molar-refractivity contribution in [2.75, 3.05) is 7.11 Å². The lowest BCUT2D eigenvalue weighted by Crippen LogP contribution is -1.92. The van der Waals surface area contributed by atoms with E-state index in [1.807, 2.05) is 0 Å². The predicted octanol–water partition coefficient (Wildman–Crippen LogP) is 1.82. The van der Waals surface area contributed by atoms with E-state index < -0.39 is 0 Å². The number of hydrogen-bond donors (Lipinski definition) is 1. The standard InChI is InChI=1S/C11H12O3/c1-4-14-7-9-5-8(2)11(12)10(6-9)13-3/h1,5-6,12H,7H2,2-3H3. The van der Waals surface area contributed by atoms with Crippen LogP contribution in [0.2, 0.25) is 0 Å². The summed E-state index contributed by atoms with van der Waals surface area (Å²) in [4.78, 5) is 0. The number of phenolic OH excluding ortho intramolecular Hbond substituents is 1. The van der Waals surface area contributed by atoms with Crippen LogP contribution in [0.25, 0.3) is 0 Å². The van der Waals surface area contributed by atoms with Crippen LogP contribution >= 0.6 is 0 Å². The first-order valence-corrected chi connectivity index (χ1v) is 4.13. The molecule has 0 heterocycles. The lowest BCUT2D eigenvalue weighted by atomic mass is 10.1. The quantitative estimate of drug-likeness (QED) is 0.742. The third kappa shape index (κ3) is 2.11. The van der Waals surface area contributed by atoms with Crippen LogP contribution in [-0.4, -0.2) is 12.2 Å². The molecule has 0 aromatic heterocycles. The van der Waals surface area contributed by atoms with Crippen molar-refractivity contribution in [2.45, 2.75) is 13.5 Å². The first kappa shape index (κ1) is 10.3. The van der Waals surface area contributed by atoms with Gasteiger partial charge in [-0.2, -0.15) is 0 Å². The topological polar surface area (TPSA) is 38.7 Å². The normalized spacial score (nSPS) is 9.21. The Hall–Kier alpha value is -1.82. The first-order valence-electron chi connectivity index (χ1n) is 4.13. The first-order chi connectivity index (χ1) is 6.69. The van der Waals surface area contributed by atoms with Crippen LogP contribution in [0.15, 0.2) is 12.1 Å². The van der Waals surface area contributed by atoms with Crippen molar-refractivity contribution in [2.24, 2.45) is 0 Å². The van der Waals surface area contributed by atoms with E-state index in [2.05, 4.69) is 6.11 Å². The van der Waals surface area contributed by atoms with Gasteiger partial charge in [-0.15, -0.1) is 0 Å². The van der Waals surface area contributed by atoms with Crippen molar-refractivity contribution in [1.29, 1.82) is 0 Å². The largest absolute Gasteiger partial charge is 0.504 e. The molecule has 1 aromatic carbocycles. The second-order valence-corrected chi connectivity index (χ2v) is 2.87. The summed E-state index contributed by atoms with van der Waals surface area (Å²) in [5, 5.41) is 9.54. The summed E-state index contributed by atoms with van der Waals surface area (Å²) in [6, 6.07) is 3.49. The minimum atomic E-state index is 0.150. The smallest absolute Gasteiger partial charge is 0.161 e. The number of phenols is 1. The molecule has 0 unspecified atom stereocenters. The zero-order chi connectivity index (χ0) is 10.6. The Morgan fingerprint density at radius 2 is 2.21 bits per heavy atom. The van der Waals surface area contributed by atoms with Gasteiger partial charge < -0.3 is 14.6 Å². The van der Waals surface area contributed by atoms with Gasteiger partial charge in [0.1, 0.15) is 12.7 Å². The van der Waals surface area contributed by atoms with Crippen LogP contribution in [0.5, 0.6) is 11.5 Å². The monoisotopic (exact) mass is 192 g/mol. The third-order valence-electron chi connectivity index (χ3n) is 1.87. The molecular weight excluding hydrogens is 180 g/mol. The summed E-state index contributed by atoms with van der Waals surface area (Å²) in [5.74, 6) is 0.581. The van der Waals surface area contributed by atoms with Gasteiger partial charge in [-0.3, -0.25) is 0 Å². The van der Waals surface area contributed by atoms with E-state index in [1.54, 1.807) is 19.1 Å². The molecule has 74 valence electrons. The summed E-state index contributed by atoms with van der Waals surface area (Å²) < 4.78 is 9.79. The fraction of sp³-hybridized carbons (Fsp3) is 0.273. The summed E-state index contributed by atoms with van der Waals surface area (Å²) >= 11 is 0. The molecule has 0 atom stereocenters. The molecule has 0 saturated heterocycles. The van der Waals surface area contributed by atoms with Gasteiger partial charge >= 0.3 is 0 Å². The molecule has 0 aliphatic heterocycles. The van der Waals surface area contributed by atoms with Crippen LogP contribution in [-0.2, 0) is 11.3 Å². The summed E-state index contributed by atoms with van der Waals surface area (Å²) in [7, 11) is 1.50. The van der Waals surface area contributed by atoms with Crippen LogP contribution in [0.1, 0.15) is 11.1 Å². The summed E-state index contributed by atoms with van der Waals surface area (Å²) in [5.41, 5.74) is 1.61. The maximum Gasteiger partial charge on any atom is 0.161 e. The van der Waals surface area contributed by atoms with Crippen LogP contribution in [0, 0.1) is 19.5 Å². The Morgan fingerprint density at radius 1 is 1.50 bits per heavy atom. The molecule has 0 bridgehead atoms. The average Bonchev–Trinajstić information content (AvgIpc) is 2.19. The van der Waals surface area contributed by atoms with Gasteiger partial charge in [0.05, 0.1) is 7.11 Å². The molecule has 3 nitrogen and oxygen atoms in total. The van der Waals surface area contributed by atoms with Gasteiger partial charge in [-0.05, 0) is 30.2 Å². The molecule has 1 rings (SSSR count). The second kappa shape index (κ2) is 4.43. The van der Waals surface area contributed by atoms with Gasteiger partial charge in [-0.25, -0.2) is 0 Å². The number of terminal acetylenes is 1. The van der Waals surface area contributed by atoms with Gasteiger partial charge in [0.25, 0.3) is 0 Å². The SMILES string of the molecule is C#COCc1cc(C)c(O)c(OC)c1. The van der Waals surface area contributed by atoms with Crippen molar-refractivity contribution >= 4 is 0 Å². The van der Waals surface area contributed by atoms with E-state index in [9.17, 15) is 5.11 Å². The van der Waals surface area contributed by atoms with Crippen molar-refractivity contribution in [3.63, 3.8) is 0 Å². The molecule has 0 saturated carbocycles. The van der Waals surface area contributed by atoms with Crippen molar-refractivity contribution < 1.29 is 14.6 Å². The maximum absolute atomic E-state index is 9.54. The van der Waals surface area contributed by atoms with Gasteiger partial charge in [0.2, 0.25) is 0 Å². The Bertz CT molecular complexity index is 364.